The van der Waals surface area contributed by atoms with E-state index in [-0.39, 0.29) is 48.2 Å². The number of nitrogens with zero attached hydrogens (tertiary/aromatic N) is 3. The lowest BCUT2D eigenvalue weighted by molar-refractivity contribution is -0.300. The Morgan fingerprint density at radius 2 is 1.81 bits per heavy atom. The molecule has 224 valence electrons. The number of urea groups is 1. The summed E-state index contributed by atoms with van der Waals surface area (Å²) in [6, 6.07) is 13.4. The minimum absolute atomic E-state index is 0.000271. The molecule has 1 aliphatic carbocycles. The van der Waals surface area contributed by atoms with Crippen molar-refractivity contribution in [1.29, 1.82) is 0 Å². The second kappa shape index (κ2) is 12.1. The molecule has 0 bridgehead atoms. The Kier molecular flexibility index (Phi) is 8.32. The standard InChI is InChI=1S/C33H40F2N4O3/c1-2-16-39(32(41)36-20-24-12-13-26(34)19-29(24)35)27-14-17-37(18-15-27)31-28-21-38(30(40)23-8-6-7-9-23)22-33(28,42-31)25-10-4-3-5-11-25/h2-5,10-13,19,23,27-28,31H,1,6-9,14-18,20-22H2,(H,36,41)/t28-,31?,33+/m1/s1. The molecule has 9 heteroatoms. The summed E-state index contributed by atoms with van der Waals surface area (Å²) in [5.74, 6) is -0.706. The molecule has 3 aliphatic heterocycles. The van der Waals surface area contributed by atoms with Gasteiger partial charge in [0.2, 0.25) is 5.91 Å². The molecular weight excluding hydrogens is 538 g/mol. The van der Waals surface area contributed by atoms with Gasteiger partial charge in [0.1, 0.15) is 23.5 Å². The van der Waals surface area contributed by atoms with Gasteiger partial charge in [-0.3, -0.25) is 9.69 Å². The van der Waals surface area contributed by atoms with Crippen LogP contribution in [0.2, 0.25) is 0 Å². The Hall–Kier alpha value is -3.30. The van der Waals surface area contributed by atoms with Crippen molar-refractivity contribution in [3.63, 3.8) is 0 Å². The van der Waals surface area contributed by atoms with Crippen molar-refractivity contribution >= 4 is 11.9 Å². The molecule has 3 saturated heterocycles. The van der Waals surface area contributed by atoms with Crippen LogP contribution in [-0.2, 0) is 21.7 Å². The Labute approximate surface area is 246 Å². The molecule has 1 unspecified atom stereocenters. The molecule has 1 saturated carbocycles. The number of piperidine rings is 1. The number of hydrogen-bond donors (Lipinski definition) is 1. The van der Waals surface area contributed by atoms with Crippen LogP contribution >= 0.6 is 0 Å². The molecule has 3 atom stereocenters. The Morgan fingerprint density at radius 3 is 2.50 bits per heavy atom. The van der Waals surface area contributed by atoms with E-state index in [1.807, 2.05) is 18.2 Å². The largest absolute Gasteiger partial charge is 0.349 e. The van der Waals surface area contributed by atoms with Gasteiger partial charge in [-0.15, -0.1) is 6.58 Å². The number of benzene rings is 2. The van der Waals surface area contributed by atoms with Gasteiger partial charge in [0.05, 0.1) is 12.5 Å². The summed E-state index contributed by atoms with van der Waals surface area (Å²) >= 11 is 0. The zero-order valence-corrected chi connectivity index (χ0v) is 24.0. The third-order valence-corrected chi connectivity index (χ3v) is 9.73. The summed E-state index contributed by atoms with van der Waals surface area (Å²) in [6.07, 6.45) is 7.40. The highest BCUT2D eigenvalue weighted by Crippen LogP contribution is 2.53. The van der Waals surface area contributed by atoms with Crippen molar-refractivity contribution < 1.29 is 23.1 Å². The van der Waals surface area contributed by atoms with Crippen molar-refractivity contribution in [2.45, 2.75) is 62.9 Å². The minimum atomic E-state index is -0.679. The highest BCUT2D eigenvalue weighted by molar-refractivity contribution is 5.80. The molecule has 3 amide bonds. The fraction of sp³-hybridized carbons (Fsp3) is 0.515. The molecule has 4 aliphatic rings. The van der Waals surface area contributed by atoms with Crippen molar-refractivity contribution in [2.75, 3.05) is 32.7 Å². The van der Waals surface area contributed by atoms with Crippen LogP contribution in [0.1, 0.15) is 49.7 Å². The molecule has 6 rings (SSSR count). The lowest BCUT2D eigenvalue weighted by Crippen LogP contribution is -2.65. The van der Waals surface area contributed by atoms with Crippen LogP contribution in [0.4, 0.5) is 13.6 Å². The maximum Gasteiger partial charge on any atom is 0.318 e. The van der Waals surface area contributed by atoms with E-state index in [4.69, 9.17) is 4.74 Å². The van der Waals surface area contributed by atoms with E-state index in [2.05, 4.69) is 33.8 Å². The van der Waals surface area contributed by atoms with E-state index in [1.54, 1.807) is 11.0 Å². The van der Waals surface area contributed by atoms with Gasteiger partial charge in [-0.25, -0.2) is 13.6 Å². The first-order valence-electron chi connectivity index (χ1n) is 15.2. The average Bonchev–Trinajstić information content (AvgIpc) is 3.64. The Bertz CT molecular complexity index is 1300. The number of carbonyl (C=O) groups is 2. The monoisotopic (exact) mass is 578 g/mol. The summed E-state index contributed by atoms with van der Waals surface area (Å²) in [6.45, 7) is 7.02. The van der Waals surface area contributed by atoms with E-state index < -0.39 is 17.2 Å². The topological polar surface area (TPSA) is 65.1 Å². The van der Waals surface area contributed by atoms with Crippen molar-refractivity contribution in [1.82, 2.24) is 20.0 Å². The molecule has 1 N–H and O–H groups in total. The number of carbonyl (C=O) groups excluding carboxylic acids is 2. The fourth-order valence-corrected chi connectivity index (χ4v) is 7.47. The smallest absolute Gasteiger partial charge is 0.318 e. The minimum Gasteiger partial charge on any atom is -0.349 e. The van der Waals surface area contributed by atoms with Crippen molar-refractivity contribution in [3.8, 4) is 0 Å². The van der Waals surface area contributed by atoms with Gasteiger partial charge in [-0.05, 0) is 37.3 Å². The van der Waals surface area contributed by atoms with Crippen LogP contribution < -0.4 is 5.32 Å². The van der Waals surface area contributed by atoms with Crippen LogP contribution in [0.15, 0.2) is 61.2 Å². The highest BCUT2D eigenvalue weighted by Gasteiger charge is 2.64. The number of fused-ring (bicyclic) bond motifs is 1. The van der Waals surface area contributed by atoms with Gasteiger partial charge in [0, 0.05) is 56.3 Å². The van der Waals surface area contributed by atoms with Crippen LogP contribution in [0.3, 0.4) is 0 Å². The average molecular weight is 579 g/mol. The SMILES string of the molecule is C=CCN(C(=O)NCc1ccc(F)cc1F)C1CCN(C2O[C@]3(c4ccccc4)CN(C(=O)C4CCCC4)C[C@H]23)CC1. The van der Waals surface area contributed by atoms with Gasteiger partial charge in [-0.2, -0.15) is 0 Å². The molecule has 2 aromatic rings. The Morgan fingerprint density at radius 1 is 1.07 bits per heavy atom. The first-order valence-corrected chi connectivity index (χ1v) is 15.2. The van der Waals surface area contributed by atoms with E-state index in [1.165, 1.54) is 12.1 Å². The molecule has 42 heavy (non-hydrogen) atoms. The normalized spacial score (nSPS) is 26.5. The van der Waals surface area contributed by atoms with E-state index in [9.17, 15) is 18.4 Å². The molecule has 4 fully saturated rings. The van der Waals surface area contributed by atoms with Crippen LogP contribution in [0, 0.1) is 23.5 Å². The molecule has 7 nitrogen and oxygen atoms in total. The van der Waals surface area contributed by atoms with Gasteiger partial charge < -0.3 is 19.9 Å². The molecule has 0 aromatic heterocycles. The lowest BCUT2D eigenvalue weighted by Gasteiger charge is -2.55. The predicted molar refractivity (Wildman–Crippen MR) is 155 cm³/mol. The number of likely N-dealkylation sites (tertiary alicyclic amines) is 2. The van der Waals surface area contributed by atoms with Crippen LogP contribution in [-0.4, -0.2) is 71.6 Å². The number of halogens is 2. The number of hydrogen-bond acceptors (Lipinski definition) is 4. The summed E-state index contributed by atoms with van der Waals surface area (Å²) < 4.78 is 34.1. The van der Waals surface area contributed by atoms with Crippen molar-refractivity contribution in [3.05, 3.63) is 83.9 Å². The fourth-order valence-electron chi connectivity index (χ4n) is 7.47. The maximum absolute atomic E-state index is 14.1. The van der Waals surface area contributed by atoms with E-state index >= 15 is 0 Å². The van der Waals surface area contributed by atoms with Gasteiger partial charge in [-0.1, -0.05) is 55.3 Å². The molecule has 2 aromatic carbocycles. The molecule has 0 spiro atoms. The van der Waals surface area contributed by atoms with Gasteiger partial charge >= 0.3 is 6.03 Å². The van der Waals surface area contributed by atoms with Gasteiger partial charge in [0.25, 0.3) is 0 Å². The number of amides is 3. The highest BCUT2D eigenvalue weighted by atomic mass is 19.1. The number of nitrogens with one attached hydrogen (secondary N) is 1. The summed E-state index contributed by atoms with van der Waals surface area (Å²) in [5, 5.41) is 2.79. The first-order chi connectivity index (χ1) is 20.4. The quantitative estimate of drug-likeness (QED) is 0.447. The van der Waals surface area contributed by atoms with E-state index in [0.717, 1.165) is 63.2 Å². The summed E-state index contributed by atoms with van der Waals surface area (Å²) in [5.41, 5.74) is 0.898. The second-order valence-corrected chi connectivity index (χ2v) is 12.2. The van der Waals surface area contributed by atoms with Crippen LogP contribution in [0.5, 0.6) is 0 Å². The summed E-state index contributed by atoms with van der Waals surface area (Å²) in [4.78, 5) is 32.7. The van der Waals surface area contributed by atoms with E-state index in [0.29, 0.717) is 19.6 Å². The first kappa shape index (κ1) is 28.8. The van der Waals surface area contributed by atoms with Crippen molar-refractivity contribution in [2.24, 2.45) is 11.8 Å². The summed E-state index contributed by atoms with van der Waals surface area (Å²) in [7, 11) is 0. The zero-order chi connectivity index (χ0) is 29.3. The van der Waals surface area contributed by atoms with Crippen LogP contribution in [0.25, 0.3) is 0 Å². The number of rotatable bonds is 8. The molecule has 3 heterocycles. The maximum atomic E-state index is 14.1. The third-order valence-electron chi connectivity index (χ3n) is 9.73. The predicted octanol–water partition coefficient (Wildman–Crippen LogP) is 5.03. The number of ether oxygens (including phenoxy) is 1. The lowest BCUT2D eigenvalue weighted by atomic mass is 9.76. The third kappa shape index (κ3) is 5.44. The second-order valence-electron chi connectivity index (χ2n) is 12.2. The zero-order valence-electron chi connectivity index (χ0n) is 24.0. The Balaban J connectivity index is 1.09. The van der Waals surface area contributed by atoms with Gasteiger partial charge in [0.15, 0.2) is 0 Å². The molecular formula is C33H40F2N4O3. The molecule has 0 radical (unpaired) electrons.